The van der Waals surface area contributed by atoms with Gasteiger partial charge < -0.3 is 5.32 Å². The van der Waals surface area contributed by atoms with Crippen molar-refractivity contribution in [1.29, 1.82) is 0 Å². The Kier molecular flexibility index (Phi) is 5.90. The van der Waals surface area contributed by atoms with Gasteiger partial charge in [-0.3, -0.25) is 9.59 Å². The molecule has 156 valence electrons. The molecular weight excluding hydrogens is 416 g/mol. The highest BCUT2D eigenvalue weighted by molar-refractivity contribution is 6.32. The zero-order chi connectivity index (χ0) is 21.8. The summed E-state index contributed by atoms with van der Waals surface area (Å²) in [4.78, 5) is 29.0. The Bertz CT molecular complexity index is 1270. The second-order valence-electron chi connectivity index (χ2n) is 6.95. The zero-order valence-electron chi connectivity index (χ0n) is 16.7. The third-order valence-corrected chi connectivity index (χ3v) is 5.01. The van der Waals surface area contributed by atoms with Gasteiger partial charge in [0.15, 0.2) is 5.69 Å². The van der Waals surface area contributed by atoms with Gasteiger partial charge in [0, 0.05) is 18.3 Å². The van der Waals surface area contributed by atoms with Gasteiger partial charge in [-0.2, -0.15) is 10.2 Å². The van der Waals surface area contributed by atoms with Crippen molar-refractivity contribution >= 4 is 17.5 Å². The molecule has 8 nitrogen and oxygen atoms in total. The first-order valence-electron chi connectivity index (χ1n) is 9.55. The first-order chi connectivity index (χ1) is 15.0. The maximum absolute atomic E-state index is 12.7. The number of carbonyl (C=O) groups excluding carboxylic acids is 1. The van der Waals surface area contributed by atoms with E-state index < -0.39 is 11.3 Å². The molecule has 0 saturated carbocycles. The van der Waals surface area contributed by atoms with Crippen LogP contribution in [-0.2, 0) is 13.1 Å². The fraction of sp³-hybridized carbons (Fsp3) is 0.136. The topological polar surface area (TPSA) is 94.7 Å². The van der Waals surface area contributed by atoms with Gasteiger partial charge in [-0.05, 0) is 30.2 Å². The number of amides is 1. The van der Waals surface area contributed by atoms with Crippen molar-refractivity contribution in [2.24, 2.45) is 0 Å². The number of aryl methyl sites for hydroxylation is 1. The van der Waals surface area contributed by atoms with Gasteiger partial charge in [0.05, 0.1) is 17.3 Å². The number of halogens is 1. The van der Waals surface area contributed by atoms with Gasteiger partial charge in [0.2, 0.25) is 5.43 Å². The minimum Gasteiger partial charge on any atom is -0.346 e. The highest BCUT2D eigenvalue weighted by atomic mass is 35.5. The molecule has 0 fully saturated rings. The number of nitrogens with zero attached hydrogens (tertiary/aromatic N) is 5. The van der Waals surface area contributed by atoms with Crippen LogP contribution in [0.5, 0.6) is 0 Å². The number of hydrogen-bond acceptors (Lipinski definition) is 5. The van der Waals surface area contributed by atoms with E-state index in [1.807, 2.05) is 30.3 Å². The molecule has 4 rings (SSSR count). The van der Waals surface area contributed by atoms with E-state index in [1.54, 1.807) is 36.1 Å². The van der Waals surface area contributed by atoms with Gasteiger partial charge in [0.25, 0.3) is 5.91 Å². The molecule has 2 aromatic carbocycles. The van der Waals surface area contributed by atoms with Crippen molar-refractivity contribution in [2.75, 3.05) is 0 Å². The Labute approximate surface area is 183 Å². The predicted octanol–water partition coefficient (Wildman–Crippen LogP) is 2.76. The lowest BCUT2D eigenvalue weighted by Gasteiger charge is -2.12. The molecule has 2 heterocycles. The van der Waals surface area contributed by atoms with Gasteiger partial charge in [0.1, 0.15) is 12.7 Å². The van der Waals surface area contributed by atoms with Crippen molar-refractivity contribution in [3.8, 4) is 5.69 Å². The van der Waals surface area contributed by atoms with Gasteiger partial charge in [-0.1, -0.05) is 48.0 Å². The number of nitrogens with one attached hydrogen (secondary N) is 1. The van der Waals surface area contributed by atoms with Gasteiger partial charge >= 0.3 is 0 Å². The van der Waals surface area contributed by atoms with Crippen molar-refractivity contribution in [3.63, 3.8) is 0 Å². The number of carbonyl (C=O) groups is 1. The van der Waals surface area contributed by atoms with Crippen LogP contribution in [0.25, 0.3) is 5.69 Å². The lowest BCUT2D eigenvalue weighted by molar-refractivity contribution is 0.0943. The van der Waals surface area contributed by atoms with E-state index in [1.165, 1.54) is 17.1 Å². The van der Waals surface area contributed by atoms with Crippen molar-refractivity contribution in [2.45, 2.75) is 20.0 Å². The molecule has 0 spiro atoms. The Hall–Kier alpha value is -3.78. The Balaban J connectivity index is 1.48. The van der Waals surface area contributed by atoms with E-state index >= 15 is 0 Å². The number of hydrogen-bond donors (Lipinski definition) is 1. The highest BCUT2D eigenvalue weighted by Gasteiger charge is 2.16. The van der Waals surface area contributed by atoms with E-state index in [0.717, 1.165) is 11.1 Å². The van der Waals surface area contributed by atoms with Crippen LogP contribution in [0.2, 0.25) is 5.02 Å². The second-order valence-corrected chi connectivity index (χ2v) is 7.36. The molecule has 4 aromatic rings. The molecule has 0 unspecified atom stereocenters. The molecule has 9 heteroatoms. The summed E-state index contributed by atoms with van der Waals surface area (Å²) in [6, 6.07) is 16.2. The summed E-state index contributed by atoms with van der Waals surface area (Å²) in [5.41, 5.74) is 2.50. The summed E-state index contributed by atoms with van der Waals surface area (Å²) in [6.07, 6.45) is 3.14. The van der Waals surface area contributed by atoms with Crippen LogP contribution in [0.15, 0.2) is 72.0 Å². The Morgan fingerprint density at radius 2 is 1.84 bits per heavy atom. The molecule has 0 saturated heterocycles. The lowest BCUT2D eigenvalue weighted by atomic mass is 10.1. The van der Waals surface area contributed by atoms with E-state index in [-0.39, 0.29) is 12.2 Å². The Morgan fingerprint density at radius 1 is 1.10 bits per heavy atom. The Morgan fingerprint density at radius 3 is 2.55 bits per heavy atom. The fourth-order valence-corrected chi connectivity index (χ4v) is 3.32. The molecule has 0 aliphatic rings. The number of benzene rings is 2. The third kappa shape index (κ3) is 4.70. The average molecular weight is 435 g/mol. The van der Waals surface area contributed by atoms with Crippen LogP contribution in [0.4, 0.5) is 0 Å². The lowest BCUT2D eigenvalue weighted by Crippen LogP contribution is -2.31. The van der Waals surface area contributed by atoms with Crippen molar-refractivity contribution in [1.82, 2.24) is 29.9 Å². The van der Waals surface area contributed by atoms with Gasteiger partial charge in [-0.25, -0.2) is 14.3 Å². The van der Waals surface area contributed by atoms with Crippen LogP contribution in [-0.4, -0.2) is 30.5 Å². The van der Waals surface area contributed by atoms with E-state index in [9.17, 15) is 9.59 Å². The van der Waals surface area contributed by atoms with Crippen LogP contribution in [0.1, 0.15) is 27.3 Å². The summed E-state index contributed by atoms with van der Waals surface area (Å²) in [7, 11) is 0. The van der Waals surface area contributed by atoms with E-state index in [0.29, 0.717) is 22.9 Å². The molecule has 1 amide bonds. The first kappa shape index (κ1) is 20.5. The normalized spacial score (nSPS) is 10.8. The quantitative estimate of drug-likeness (QED) is 0.503. The molecule has 0 aliphatic carbocycles. The summed E-state index contributed by atoms with van der Waals surface area (Å²) in [6.45, 7) is 2.62. The zero-order valence-corrected chi connectivity index (χ0v) is 17.5. The first-order valence-corrected chi connectivity index (χ1v) is 9.93. The molecule has 31 heavy (non-hydrogen) atoms. The summed E-state index contributed by atoms with van der Waals surface area (Å²) < 4.78 is 3.22. The van der Waals surface area contributed by atoms with Crippen LogP contribution >= 0.6 is 11.6 Å². The monoisotopic (exact) mass is 434 g/mol. The average Bonchev–Trinajstić information content (AvgIpc) is 3.27. The molecule has 0 atom stereocenters. The van der Waals surface area contributed by atoms with E-state index in [2.05, 4.69) is 20.5 Å². The fourth-order valence-electron chi connectivity index (χ4n) is 3.10. The molecule has 0 bridgehead atoms. The molecule has 0 radical (unpaired) electrons. The maximum Gasteiger partial charge on any atom is 0.276 e. The highest BCUT2D eigenvalue weighted by Crippen LogP contribution is 2.19. The van der Waals surface area contributed by atoms with Gasteiger partial charge in [-0.15, -0.1) is 0 Å². The molecule has 0 aliphatic heterocycles. The standard InChI is InChI=1S/C22H19ClN6O2/c1-15-10-20(30)21(27-29(15)19-5-3-2-4-18(19)23)22(31)25-11-16-6-8-17(9-7-16)12-28-14-24-13-26-28/h2-10,13-14H,11-12H2,1H3,(H,25,31). The van der Waals surface area contributed by atoms with Crippen LogP contribution in [0, 0.1) is 6.92 Å². The summed E-state index contributed by atoms with van der Waals surface area (Å²) >= 11 is 6.25. The molecule has 2 aromatic heterocycles. The number of para-hydroxylation sites is 1. The second kappa shape index (κ2) is 8.93. The largest absolute Gasteiger partial charge is 0.346 e. The van der Waals surface area contributed by atoms with E-state index in [4.69, 9.17) is 11.6 Å². The maximum atomic E-state index is 12.7. The van der Waals surface area contributed by atoms with Crippen molar-refractivity contribution in [3.05, 3.63) is 105 Å². The van der Waals surface area contributed by atoms with Crippen LogP contribution < -0.4 is 10.7 Å². The predicted molar refractivity (Wildman–Crippen MR) is 116 cm³/mol. The smallest absolute Gasteiger partial charge is 0.276 e. The molecule has 1 N–H and O–H groups in total. The minimum absolute atomic E-state index is 0.187. The molecular formula is C22H19ClN6O2. The van der Waals surface area contributed by atoms with Crippen LogP contribution in [0.3, 0.4) is 0 Å². The summed E-state index contributed by atoms with van der Waals surface area (Å²) in [5.74, 6) is -0.544. The third-order valence-electron chi connectivity index (χ3n) is 4.69. The summed E-state index contributed by atoms with van der Waals surface area (Å²) in [5, 5.41) is 11.6. The minimum atomic E-state index is -0.544. The van der Waals surface area contributed by atoms with Crippen molar-refractivity contribution < 1.29 is 4.79 Å². The number of rotatable bonds is 6. The number of aromatic nitrogens is 5. The SMILES string of the molecule is Cc1cc(=O)c(C(=O)NCc2ccc(Cn3cncn3)cc2)nn1-c1ccccc1Cl.